The standard InChI is InChI=1S/C18H20N2O3/c1-12-6-7-13(10-19-12)15-4-3-5-16-14(8-9-23-17(15)16)11-20(2)18(21)22/h3-7,10,14H,8-9,11H2,1-2H3,(H,21,22). The van der Waals surface area contributed by atoms with Crippen LogP contribution in [0.2, 0.25) is 0 Å². The summed E-state index contributed by atoms with van der Waals surface area (Å²) in [6.07, 6.45) is 1.76. The number of amides is 1. The zero-order valence-corrected chi connectivity index (χ0v) is 13.3. The van der Waals surface area contributed by atoms with Crippen LogP contribution in [0.15, 0.2) is 36.5 Å². The topological polar surface area (TPSA) is 62.7 Å². The molecule has 1 aliphatic heterocycles. The Morgan fingerprint density at radius 1 is 1.39 bits per heavy atom. The Labute approximate surface area is 135 Å². The SMILES string of the molecule is Cc1ccc(-c2cccc3c2OCCC3CN(C)C(=O)O)cn1. The van der Waals surface area contributed by atoms with Gasteiger partial charge in [-0.2, -0.15) is 0 Å². The van der Waals surface area contributed by atoms with Gasteiger partial charge in [0.05, 0.1) is 6.61 Å². The van der Waals surface area contributed by atoms with Crippen molar-refractivity contribution >= 4 is 6.09 Å². The van der Waals surface area contributed by atoms with Gasteiger partial charge in [0.2, 0.25) is 0 Å². The van der Waals surface area contributed by atoms with Crippen LogP contribution in [0.3, 0.4) is 0 Å². The van der Waals surface area contributed by atoms with Crippen molar-refractivity contribution < 1.29 is 14.6 Å². The molecule has 1 aliphatic rings. The van der Waals surface area contributed by atoms with Gasteiger partial charge in [-0.25, -0.2) is 4.79 Å². The summed E-state index contributed by atoms with van der Waals surface area (Å²) >= 11 is 0. The maximum absolute atomic E-state index is 11.1. The minimum Gasteiger partial charge on any atom is -0.493 e. The molecule has 0 radical (unpaired) electrons. The van der Waals surface area contributed by atoms with E-state index >= 15 is 0 Å². The number of nitrogens with zero attached hydrogens (tertiary/aromatic N) is 2. The molecule has 0 saturated heterocycles. The van der Waals surface area contributed by atoms with Crippen LogP contribution in [0.1, 0.15) is 23.6 Å². The smallest absolute Gasteiger partial charge is 0.407 e. The van der Waals surface area contributed by atoms with Crippen LogP contribution in [-0.2, 0) is 0 Å². The van der Waals surface area contributed by atoms with Crippen LogP contribution in [0.25, 0.3) is 11.1 Å². The lowest BCUT2D eigenvalue weighted by Crippen LogP contribution is -2.31. The first-order valence-corrected chi connectivity index (χ1v) is 7.69. The number of pyridine rings is 1. The fourth-order valence-electron chi connectivity index (χ4n) is 2.95. The Kier molecular flexibility index (Phi) is 4.19. The largest absolute Gasteiger partial charge is 0.493 e. The fourth-order valence-corrected chi connectivity index (χ4v) is 2.95. The highest BCUT2D eigenvalue weighted by Crippen LogP contribution is 2.41. The maximum atomic E-state index is 11.1. The van der Waals surface area contributed by atoms with Gasteiger partial charge in [-0.3, -0.25) is 4.98 Å². The lowest BCUT2D eigenvalue weighted by atomic mass is 9.89. The van der Waals surface area contributed by atoms with Crippen molar-refractivity contribution in [3.63, 3.8) is 0 Å². The Balaban J connectivity index is 1.97. The number of carboxylic acid groups (broad SMARTS) is 1. The molecule has 0 bridgehead atoms. The molecule has 1 N–H and O–H groups in total. The van der Waals surface area contributed by atoms with Crippen molar-refractivity contribution in [2.24, 2.45) is 0 Å². The summed E-state index contributed by atoms with van der Waals surface area (Å²) in [5, 5.41) is 9.11. The van der Waals surface area contributed by atoms with Gasteiger partial charge in [0.25, 0.3) is 0 Å². The van der Waals surface area contributed by atoms with E-state index in [2.05, 4.69) is 4.98 Å². The monoisotopic (exact) mass is 312 g/mol. The second kappa shape index (κ2) is 6.28. The first-order valence-electron chi connectivity index (χ1n) is 7.69. The van der Waals surface area contributed by atoms with Crippen LogP contribution in [0, 0.1) is 6.92 Å². The molecule has 1 unspecified atom stereocenters. The zero-order chi connectivity index (χ0) is 16.4. The Bertz CT molecular complexity index is 713. The summed E-state index contributed by atoms with van der Waals surface area (Å²) in [5.41, 5.74) is 4.07. The van der Waals surface area contributed by atoms with Crippen molar-refractivity contribution in [1.29, 1.82) is 0 Å². The van der Waals surface area contributed by atoms with Crippen molar-refractivity contribution in [2.45, 2.75) is 19.3 Å². The zero-order valence-electron chi connectivity index (χ0n) is 13.3. The second-order valence-corrected chi connectivity index (χ2v) is 5.91. The van der Waals surface area contributed by atoms with Gasteiger partial charge < -0.3 is 14.7 Å². The van der Waals surface area contributed by atoms with Crippen LogP contribution >= 0.6 is 0 Å². The Morgan fingerprint density at radius 3 is 2.91 bits per heavy atom. The summed E-state index contributed by atoms with van der Waals surface area (Å²) in [4.78, 5) is 16.8. The van der Waals surface area contributed by atoms with E-state index in [9.17, 15) is 4.79 Å². The minimum absolute atomic E-state index is 0.151. The first-order chi connectivity index (χ1) is 11.1. The average Bonchev–Trinajstić information content (AvgIpc) is 2.55. The fraction of sp³-hybridized carbons (Fsp3) is 0.333. The van der Waals surface area contributed by atoms with Gasteiger partial charge in [0.1, 0.15) is 5.75 Å². The molecular weight excluding hydrogens is 292 g/mol. The normalized spacial score (nSPS) is 16.3. The Morgan fingerprint density at radius 2 is 2.22 bits per heavy atom. The average molecular weight is 312 g/mol. The highest BCUT2D eigenvalue weighted by molar-refractivity contribution is 5.72. The number of rotatable bonds is 3. The number of para-hydroxylation sites is 1. The molecule has 2 aromatic rings. The van der Waals surface area contributed by atoms with Crippen molar-refractivity contribution in [3.05, 3.63) is 47.8 Å². The molecule has 3 rings (SSSR count). The molecule has 0 saturated carbocycles. The molecule has 120 valence electrons. The molecule has 0 fully saturated rings. The third-order valence-electron chi connectivity index (χ3n) is 4.24. The lowest BCUT2D eigenvalue weighted by Gasteiger charge is -2.30. The molecule has 0 spiro atoms. The highest BCUT2D eigenvalue weighted by atomic mass is 16.5. The summed E-state index contributed by atoms with van der Waals surface area (Å²) in [5.74, 6) is 1.01. The van der Waals surface area contributed by atoms with Crippen LogP contribution in [-0.4, -0.2) is 41.3 Å². The van der Waals surface area contributed by atoms with E-state index < -0.39 is 6.09 Å². The van der Waals surface area contributed by atoms with E-state index in [0.717, 1.165) is 34.6 Å². The number of aryl methyl sites for hydroxylation is 1. The van der Waals surface area contributed by atoms with Crippen molar-refractivity contribution in [2.75, 3.05) is 20.2 Å². The summed E-state index contributed by atoms with van der Waals surface area (Å²) in [7, 11) is 1.60. The molecule has 1 amide bonds. The van der Waals surface area contributed by atoms with Gasteiger partial charge in [0.15, 0.2) is 0 Å². The summed E-state index contributed by atoms with van der Waals surface area (Å²) in [6.45, 7) is 3.03. The summed E-state index contributed by atoms with van der Waals surface area (Å²) in [6, 6.07) is 10.1. The molecular formula is C18H20N2O3. The molecule has 23 heavy (non-hydrogen) atoms. The number of ether oxygens (including phenoxy) is 1. The Hall–Kier alpha value is -2.56. The van der Waals surface area contributed by atoms with Gasteiger partial charge in [0, 0.05) is 42.5 Å². The van der Waals surface area contributed by atoms with E-state index in [0.29, 0.717) is 13.2 Å². The molecule has 1 atom stereocenters. The number of carbonyl (C=O) groups is 1. The van der Waals surface area contributed by atoms with Crippen LogP contribution in [0.5, 0.6) is 5.75 Å². The molecule has 0 aliphatic carbocycles. The first kappa shape index (κ1) is 15.3. The van der Waals surface area contributed by atoms with Gasteiger partial charge in [-0.15, -0.1) is 0 Å². The molecule has 5 heteroatoms. The van der Waals surface area contributed by atoms with E-state index in [1.807, 2.05) is 43.5 Å². The van der Waals surface area contributed by atoms with Crippen molar-refractivity contribution in [1.82, 2.24) is 9.88 Å². The van der Waals surface area contributed by atoms with Gasteiger partial charge in [-0.05, 0) is 25.0 Å². The number of likely N-dealkylation sites (N-methyl/N-ethyl adjacent to an activating group) is 1. The summed E-state index contributed by atoms with van der Waals surface area (Å²) < 4.78 is 5.92. The predicted octanol–water partition coefficient (Wildman–Crippen LogP) is 3.53. The number of hydrogen-bond acceptors (Lipinski definition) is 3. The predicted molar refractivity (Wildman–Crippen MR) is 87.9 cm³/mol. The van der Waals surface area contributed by atoms with Gasteiger partial charge >= 0.3 is 6.09 Å². The van der Waals surface area contributed by atoms with Crippen LogP contribution < -0.4 is 4.74 Å². The number of benzene rings is 1. The van der Waals surface area contributed by atoms with Gasteiger partial charge in [-0.1, -0.05) is 24.3 Å². The van der Waals surface area contributed by atoms with Crippen LogP contribution in [0.4, 0.5) is 4.79 Å². The second-order valence-electron chi connectivity index (χ2n) is 5.91. The van der Waals surface area contributed by atoms with E-state index in [-0.39, 0.29) is 5.92 Å². The lowest BCUT2D eigenvalue weighted by molar-refractivity contribution is 0.149. The number of fused-ring (bicyclic) bond motifs is 1. The quantitative estimate of drug-likeness (QED) is 0.941. The molecule has 2 heterocycles. The third-order valence-corrected chi connectivity index (χ3v) is 4.24. The number of hydrogen-bond donors (Lipinski definition) is 1. The van der Waals surface area contributed by atoms with E-state index in [1.165, 1.54) is 4.90 Å². The third kappa shape index (κ3) is 3.13. The highest BCUT2D eigenvalue weighted by Gasteiger charge is 2.26. The van der Waals surface area contributed by atoms with E-state index in [4.69, 9.17) is 9.84 Å². The molecule has 5 nitrogen and oxygen atoms in total. The van der Waals surface area contributed by atoms with E-state index in [1.54, 1.807) is 7.05 Å². The molecule has 1 aromatic carbocycles. The minimum atomic E-state index is -0.906. The molecule has 1 aromatic heterocycles. The van der Waals surface area contributed by atoms with Crippen molar-refractivity contribution in [3.8, 4) is 16.9 Å². The number of aromatic nitrogens is 1. The maximum Gasteiger partial charge on any atom is 0.407 e.